The molecule has 0 bridgehead atoms. The molecule has 100 valence electrons. The zero-order chi connectivity index (χ0) is 12.5. The molecule has 0 radical (unpaired) electrons. The molecule has 0 unspecified atom stereocenters. The van der Waals surface area contributed by atoms with E-state index in [0.29, 0.717) is 12.0 Å². The Hall–Kier alpha value is -0.340. The topological polar surface area (TPSA) is 12.5 Å². The van der Waals surface area contributed by atoms with Crippen LogP contribution in [0, 0.1) is 5.92 Å². The van der Waals surface area contributed by atoms with Gasteiger partial charge in [-0.3, -0.25) is 0 Å². The largest absolute Gasteiger partial charge is 0.302 e. The van der Waals surface area contributed by atoms with Gasteiger partial charge in [0.05, 0.1) is 7.11 Å². The first-order valence-corrected chi connectivity index (χ1v) is 7.26. The predicted octanol–water partition coefficient (Wildman–Crippen LogP) is 4.17. The zero-order valence-corrected chi connectivity index (χ0v) is 11.7. The van der Waals surface area contributed by atoms with Gasteiger partial charge >= 0.3 is 0 Å². The molecular weight excluding hydrogens is 210 g/mol. The molecule has 2 atom stereocenters. The van der Waals surface area contributed by atoms with Crippen molar-refractivity contribution in [2.75, 3.05) is 13.7 Å². The quantitative estimate of drug-likeness (QED) is 0.465. The van der Waals surface area contributed by atoms with Crippen LogP contribution in [0.3, 0.4) is 0 Å². The second-order valence-corrected chi connectivity index (χ2v) is 5.14. The SMILES string of the molecule is C=C[C@@H]1CCCN(OC)[C@@H]1CCCCCCC. The fourth-order valence-electron chi connectivity index (χ4n) is 2.87. The minimum atomic E-state index is 0.563. The second kappa shape index (κ2) is 8.71. The zero-order valence-electron chi connectivity index (χ0n) is 11.7. The maximum atomic E-state index is 5.50. The second-order valence-electron chi connectivity index (χ2n) is 5.14. The van der Waals surface area contributed by atoms with E-state index < -0.39 is 0 Å². The number of nitrogens with zero attached hydrogens (tertiary/aromatic N) is 1. The Morgan fingerprint density at radius 1 is 1.29 bits per heavy atom. The summed E-state index contributed by atoms with van der Waals surface area (Å²) in [4.78, 5) is 5.50. The lowest BCUT2D eigenvalue weighted by molar-refractivity contribution is -0.185. The number of hydrogen-bond donors (Lipinski definition) is 0. The Morgan fingerprint density at radius 3 is 2.71 bits per heavy atom. The van der Waals surface area contributed by atoms with E-state index in [2.05, 4.69) is 24.6 Å². The van der Waals surface area contributed by atoms with Crippen LogP contribution in [-0.4, -0.2) is 24.8 Å². The molecule has 2 nitrogen and oxygen atoms in total. The van der Waals surface area contributed by atoms with E-state index in [1.165, 1.54) is 51.4 Å². The molecule has 0 aliphatic carbocycles. The van der Waals surface area contributed by atoms with Crippen molar-refractivity contribution in [1.29, 1.82) is 0 Å². The van der Waals surface area contributed by atoms with E-state index in [0.717, 1.165) is 6.54 Å². The van der Waals surface area contributed by atoms with E-state index in [4.69, 9.17) is 4.84 Å². The molecular formula is C15H29NO. The van der Waals surface area contributed by atoms with Gasteiger partial charge in [0, 0.05) is 12.6 Å². The number of hydrogen-bond acceptors (Lipinski definition) is 2. The molecule has 0 aromatic heterocycles. The highest BCUT2D eigenvalue weighted by Gasteiger charge is 2.29. The summed E-state index contributed by atoms with van der Waals surface area (Å²) in [6.45, 7) is 7.33. The van der Waals surface area contributed by atoms with Gasteiger partial charge in [0.25, 0.3) is 0 Å². The van der Waals surface area contributed by atoms with Crippen molar-refractivity contribution in [3.8, 4) is 0 Å². The summed E-state index contributed by atoms with van der Waals surface area (Å²) in [7, 11) is 1.80. The van der Waals surface area contributed by atoms with E-state index in [9.17, 15) is 0 Å². The average molecular weight is 239 g/mol. The molecule has 0 saturated carbocycles. The minimum Gasteiger partial charge on any atom is -0.302 e. The van der Waals surface area contributed by atoms with Gasteiger partial charge in [0.15, 0.2) is 0 Å². The third kappa shape index (κ3) is 4.81. The molecule has 1 heterocycles. The van der Waals surface area contributed by atoms with Gasteiger partial charge in [-0.1, -0.05) is 45.1 Å². The average Bonchev–Trinajstić information content (AvgIpc) is 2.38. The molecule has 1 aliphatic heterocycles. The highest BCUT2D eigenvalue weighted by Crippen LogP contribution is 2.28. The van der Waals surface area contributed by atoms with Gasteiger partial charge < -0.3 is 4.84 Å². The number of hydroxylamine groups is 2. The van der Waals surface area contributed by atoms with E-state index in [1.807, 2.05) is 0 Å². The van der Waals surface area contributed by atoms with Crippen LogP contribution in [0.25, 0.3) is 0 Å². The Kier molecular flexibility index (Phi) is 7.54. The first-order chi connectivity index (χ1) is 8.33. The van der Waals surface area contributed by atoms with Gasteiger partial charge in [-0.25, -0.2) is 0 Å². The molecule has 1 aliphatic rings. The smallest absolute Gasteiger partial charge is 0.0575 e. The van der Waals surface area contributed by atoms with Crippen molar-refractivity contribution in [2.45, 2.75) is 64.3 Å². The van der Waals surface area contributed by atoms with Crippen LogP contribution < -0.4 is 0 Å². The predicted molar refractivity (Wildman–Crippen MR) is 73.8 cm³/mol. The highest BCUT2D eigenvalue weighted by atomic mass is 16.7. The summed E-state index contributed by atoms with van der Waals surface area (Å²) in [5.74, 6) is 0.620. The fraction of sp³-hybridized carbons (Fsp3) is 0.867. The van der Waals surface area contributed by atoms with Gasteiger partial charge in [0.1, 0.15) is 0 Å². The van der Waals surface area contributed by atoms with Gasteiger partial charge in [-0.15, -0.1) is 6.58 Å². The third-order valence-electron chi connectivity index (χ3n) is 3.92. The Labute approximate surface area is 107 Å². The van der Waals surface area contributed by atoms with Crippen molar-refractivity contribution < 1.29 is 4.84 Å². The third-order valence-corrected chi connectivity index (χ3v) is 3.92. The van der Waals surface area contributed by atoms with Crippen LogP contribution in [0.15, 0.2) is 12.7 Å². The maximum Gasteiger partial charge on any atom is 0.0575 e. The Morgan fingerprint density at radius 2 is 2.06 bits per heavy atom. The Bertz CT molecular complexity index is 205. The molecule has 0 N–H and O–H groups in total. The van der Waals surface area contributed by atoms with Crippen LogP contribution in [0.1, 0.15) is 58.3 Å². The van der Waals surface area contributed by atoms with Crippen LogP contribution in [-0.2, 0) is 4.84 Å². The summed E-state index contributed by atoms with van der Waals surface area (Å²) < 4.78 is 0. The van der Waals surface area contributed by atoms with E-state index in [1.54, 1.807) is 7.11 Å². The van der Waals surface area contributed by atoms with Gasteiger partial charge in [-0.05, 0) is 25.2 Å². The lowest BCUT2D eigenvalue weighted by atomic mass is 9.87. The molecule has 1 rings (SSSR count). The first kappa shape index (κ1) is 14.7. The van der Waals surface area contributed by atoms with Crippen molar-refractivity contribution in [2.24, 2.45) is 5.92 Å². The van der Waals surface area contributed by atoms with E-state index >= 15 is 0 Å². The lowest BCUT2D eigenvalue weighted by Gasteiger charge is -2.38. The van der Waals surface area contributed by atoms with Crippen molar-refractivity contribution >= 4 is 0 Å². The highest BCUT2D eigenvalue weighted by molar-refractivity contribution is 4.91. The number of rotatable bonds is 8. The number of piperidine rings is 1. The summed E-state index contributed by atoms with van der Waals surface area (Å²) >= 11 is 0. The van der Waals surface area contributed by atoms with Crippen molar-refractivity contribution in [3.63, 3.8) is 0 Å². The van der Waals surface area contributed by atoms with Crippen LogP contribution in [0.4, 0.5) is 0 Å². The Balaban J connectivity index is 2.31. The van der Waals surface area contributed by atoms with Crippen molar-refractivity contribution in [3.05, 3.63) is 12.7 Å². The van der Waals surface area contributed by atoms with Crippen molar-refractivity contribution in [1.82, 2.24) is 5.06 Å². The lowest BCUT2D eigenvalue weighted by Crippen LogP contribution is -2.43. The molecule has 0 amide bonds. The van der Waals surface area contributed by atoms with Gasteiger partial charge in [-0.2, -0.15) is 5.06 Å². The molecule has 0 aromatic carbocycles. The van der Waals surface area contributed by atoms with Crippen LogP contribution in [0.2, 0.25) is 0 Å². The monoisotopic (exact) mass is 239 g/mol. The molecule has 2 heteroatoms. The van der Waals surface area contributed by atoms with Crippen LogP contribution in [0.5, 0.6) is 0 Å². The summed E-state index contributed by atoms with van der Waals surface area (Å²) in [6.07, 6.45) is 12.7. The summed E-state index contributed by atoms with van der Waals surface area (Å²) in [5.41, 5.74) is 0. The normalized spacial score (nSPS) is 26.0. The standard InChI is InChI=1S/C15H29NO/c1-4-6-7-8-9-12-15-14(5-2)11-10-13-16(15)17-3/h5,14-15H,2,4,6-13H2,1,3H3/t14-,15-/m1/s1. The molecule has 17 heavy (non-hydrogen) atoms. The fourth-order valence-corrected chi connectivity index (χ4v) is 2.87. The van der Waals surface area contributed by atoms with E-state index in [-0.39, 0.29) is 0 Å². The minimum absolute atomic E-state index is 0.563. The number of unbranched alkanes of at least 4 members (excludes halogenated alkanes) is 4. The van der Waals surface area contributed by atoms with Gasteiger partial charge in [0.2, 0.25) is 0 Å². The summed E-state index contributed by atoms with van der Waals surface area (Å²) in [6, 6.07) is 0.563. The molecule has 1 saturated heterocycles. The summed E-state index contributed by atoms with van der Waals surface area (Å²) in [5, 5.41) is 2.18. The molecule has 0 aromatic rings. The first-order valence-electron chi connectivity index (χ1n) is 7.26. The van der Waals surface area contributed by atoms with Crippen LogP contribution >= 0.6 is 0 Å². The molecule has 0 spiro atoms. The molecule has 1 fully saturated rings. The maximum absolute atomic E-state index is 5.50.